The number of allylic oxidation sites excluding steroid dienone is 16. The van der Waals surface area contributed by atoms with Crippen LogP contribution in [0.2, 0.25) is 0 Å². The van der Waals surface area contributed by atoms with Crippen molar-refractivity contribution in [2.24, 2.45) is 0 Å². The third-order valence-electron chi connectivity index (χ3n) is 11.3. The number of carbonyl (C=O) groups is 3. The fraction of sp³-hybridized carbons (Fsp3) is 0.683. The van der Waals surface area contributed by atoms with Gasteiger partial charge in [-0.1, -0.05) is 227 Å². The van der Waals surface area contributed by atoms with E-state index in [2.05, 4.69) is 118 Å². The van der Waals surface area contributed by atoms with Gasteiger partial charge >= 0.3 is 17.9 Å². The third kappa shape index (κ3) is 51.3. The lowest BCUT2D eigenvalue weighted by Crippen LogP contribution is -2.30. The predicted octanol–water partition coefficient (Wildman–Crippen LogP) is 18.1. The van der Waals surface area contributed by atoms with E-state index in [9.17, 15) is 14.4 Å². The van der Waals surface area contributed by atoms with E-state index in [1.165, 1.54) is 77.0 Å². The standard InChI is InChI=1S/C60H100O6/c1-4-7-10-13-16-19-22-25-28-29-30-31-33-35-38-41-44-47-50-53-59(62)65-56-57(55-64-58(61)52-49-46-43-40-37-34-27-24-21-18-15-12-9-6-3)66-60(63)54-51-48-45-42-39-36-32-26-23-20-17-14-11-8-5-2/h7,9-10,12,16,18-19,21,25,27-28,30-31,34-35,38,57H,4-6,8,11,13-15,17,20,22-24,26,29,32-33,36-37,39-56H2,1-3H3/b10-7-,12-9-,19-16-,21-18-,28-25-,31-30-,34-27-,38-35-. The molecule has 0 saturated heterocycles. The fourth-order valence-corrected chi connectivity index (χ4v) is 7.31. The molecule has 0 rings (SSSR count). The minimum atomic E-state index is -0.800. The average molecular weight is 917 g/mol. The predicted molar refractivity (Wildman–Crippen MR) is 284 cm³/mol. The molecule has 0 aromatic heterocycles. The number of carbonyl (C=O) groups excluding carboxylic acids is 3. The van der Waals surface area contributed by atoms with Gasteiger partial charge in [0.05, 0.1) is 0 Å². The molecule has 376 valence electrons. The minimum Gasteiger partial charge on any atom is -0.462 e. The highest BCUT2D eigenvalue weighted by molar-refractivity contribution is 5.71. The number of rotatable bonds is 48. The largest absolute Gasteiger partial charge is 0.462 e. The van der Waals surface area contributed by atoms with Gasteiger partial charge in [-0.05, 0) is 96.3 Å². The molecule has 0 radical (unpaired) electrons. The van der Waals surface area contributed by atoms with Crippen LogP contribution < -0.4 is 0 Å². The molecule has 1 atom stereocenters. The zero-order valence-electron chi connectivity index (χ0n) is 42.9. The zero-order valence-corrected chi connectivity index (χ0v) is 42.9. The summed E-state index contributed by atoms with van der Waals surface area (Å²) in [5, 5.41) is 0. The van der Waals surface area contributed by atoms with Crippen molar-refractivity contribution in [3.8, 4) is 0 Å². The van der Waals surface area contributed by atoms with Gasteiger partial charge in [0, 0.05) is 19.3 Å². The Hall–Kier alpha value is -3.67. The molecule has 6 heteroatoms. The summed E-state index contributed by atoms with van der Waals surface area (Å²) in [4.78, 5) is 38.1. The van der Waals surface area contributed by atoms with Crippen molar-refractivity contribution in [3.05, 3.63) is 97.2 Å². The second-order valence-electron chi connectivity index (χ2n) is 17.7. The number of hydrogen-bond acceptors (Lipinski definition) is 6. The van der Waals surface area contributed by atoms with Crippen molar-refractivity contribution >= 4 is 17.9 Å². The second kappa shape index (κ2) is 53.9. The maximum Gasteiger partial charge on any atom is 0.306 e. The van der Waals surface area contributed by atoms with Gasteiger partial charge in [-0.2, -0.15) is 0 Å². The molecular weight excluding hydrogens is 817 g/mol. The van der Waals surface area contributed by atoms with Gasteiger partial charge in [0.25, 0.3) is 0 Å². The number of hydrogen-bond donors (Lipinski definition) is 0. The fourth-order valence-electron chi connectivity index (χ4n) is 7.31. The first-order chi connectivity index (χ1) is 32.5. The van der Waals surface area contributed by atoms with E-state index in [1.807, 2.05) is 0 Å². The first kappa shape index (κ1) is 62.3. The summed E-state index contributed by atoms with van der Waals surface area (Å²) >= 11 is 0. The molecule has 0 amide bonds. The molecule has 0 heterocycles. The molecule has 0 N–H and O–H groups in total. The van der Waals surface area contributed by atoms with Crippen LogP contribution in [0.15, 0.2) is 97.2 Å². The number of unbranched alkanes of at least 4 members (excludes halogenated alkanes) is 21. The molecule has 66 heavy (non-hydrogen) atoms. The van der Waals surface area contributed by atoms with Gasteiger partial charge in [-0.3, -0.25) is 14.4 Å². The Morgan fingerprint density at radius 1 is 0.318 bits per heavy atom. The first-order valence-corrected chi connectivity index (χ1v) is 27.2. The lowest BCUT2D eigenvalue weighted by molar-refractivity contribution is -0.167. The van der Waals surface area contributed by atoms with Gasteiger partial charge < -0.3 is 14.2 Å². The van der Waals surface area contributed by atoms with Gasteiger partial charge in [-0.15, -0.1) is 0 Å². The van der Waals surface area contributed by atoms with E-state index >= 15 is 0 Å². The average Bonchev–Trinajstić information content (AvgIpc) is 3.31. The molecule has 0 aliphatic carbocycles. The lowest BCUT2D eigenvalue weighted by Gasteiger charge is -2.18. The van der Waals surface area contributed by atoms with Crippen LogP contribution in [-0.4, -0.2) is 37.2 Å². The van der Waals surface area contributed by atoms with Crippen LogP contribution in [0.5, 0.6) is 0 Å². The summed E-state index contributed by atoms with van der Waals surface area (Å²) in [7, 11) is 0. The Bertz CT molecular complexity index is 1330. The van der Waals surface area contributed by atoms with Crippen LogP contribution in [-0.2, 0) is 28.6 Å². The number of ether oxygens (including phenoxy) is 3. The van der Waals surface area contributed by atoms with Crippen LogP contribution in [0.3, 0.4) is 0 Å². The molecule has 0 aliphatic heterocycles. The Morgan fingerprint density at radius 2 is 0.591 bits per heavy atom. The minimum absolute atomic E-state index is 0.0991. The quantitative estimate of drug-likeness (QED) is 0.0262. The molecule has 0 aromatic carbocycles. The van der Waals surface area contributed by atoms with Gasteiger partial charge in [0.1, 0.15) is 13.2 Å². The summed E-state index contributed by atoms with van der Waals surface area (Å²) in [5.74, 6) is -0.949. The molecule has 0 aliphatic rings. The Balaban J connectivity index is 4.47. The topological polar surface area (TPSA) is 78.9 Å². The van der Waals surface area contributed by atoms with Crippen molar-refractivity contribution < 1.29 is 28.6 Å². The normalized spacial score (nSPS) is 12.8. The van der Waals surface area contributed by atoms with E-state index in [0.717, 1.165) is 128 Å². The third-order valence-corrected chi connectivity index (χ3v) is 11.3. The summed E-state index contributed by atoms with van der Waals surface area (Å²) in [5.41, 5.74) is 0. The lowest BCUT2D eigenvalue weighted by atomic mass is 10.0. The molecule has 0 spiro atoms. The highest BCUT2D eigenvalue weighted by Crippen LogP contribution is 2.15. The molecule has 6 nitrogen and oxygen atoms in total. The van der Waals surface area contributed by atoms with E-state index in [0.29, 0.717) is 19.3 Å². The van der Waals surface area contributed by atoms with E-state index in [4.69, 9.17) is 14.2 Å². The monoisotopic (exact) mass is 917 g/mol. The summed E-state index contributed by atoms with van der Waals surface area (Å²) in [6.45, 7) is 6.37. The first-order valence-electron chi connectivity index (χ1n) is 27.2. The van der Waals surface area contributed by atoms with Crippen molar-refractivity contribution in [1.29, 1.82) is 0 Å². The molecule has 0 fully saturated rings. The maximum absolute atomic E-state index is 12.8. The van der Waals surface area contributed by atoms with Crippen LogP contribution in [0.25, 0.3) is 0 Å². The highest BCUT2D eigenvalue weighted by Gasteiger charge is 2.19. The van der Waals surface area contributed by atoms with Crippen LogP contribution in [0, 0.1) is 0 Å². The summed E-state index contributed by atoms with van der Waals surface area (Å²) < 4.78 is 16.8. The van der Waals surface area contributed by atoms with E-state index < -0.39 is 6.10 Å². The zero-order chi connectivity index (χ0) is 47.9. The molecule has 1 unspecified atom stereocenters. The van der Waals surface area contributed by atoms with Gasteiger partial charge in [0.2, 0.25) is 0 Å². The number of esters is 3. The van der Waals surface area contributed by atoms with E-state index in [1.54, 1.807) is 0 Å². The van der Waals surface area contributed by atoms with Crippen LogP contribution in [0.4, 0.5) is 0 Å². The van der Waals surface area contributed by atoms with Crippen molar-refractivity contribution in [1.82, 2.24) is 0 Å². The second-order valence-corrected chi connectivity index (χ2v) is 17.7. The molecule has 0 aromatic rings. The van der Waals surface area contributed by atoms with E-state index in [-0.39, 0.29) is 31.1 Å². The molecular formula is C60H100O6. The SMILES string of the molecule is CC/C=C\C/C=C\C/C=C\C/C=C\C/C=C\CCCCCC(=O)OCC(COC(=O)CCCCCC/C=C\C/C=C\C/C=C\CC)OC(=O)CCCCCCCCCCCCCCCCC. The molecule has 0 saturated carbocycles. The van der Waals surface area contributed by atoms with Gasteiger partial charge in [0.15, 0.2) is 6.10 Å². The Labute approximate surface area is 407 Å². The van der Waals surface area contributed by atoms with Crippen LogP contribution >= 0.6 is 0 Å². The Kier molecular flexibility index (Phi) is 50.9. The highest BCUT2D eigenvalue weighted by atomic mass is 16.6. The van der Waals surface area contributed by atoms with Crippen molar-refractivity contribution in [2.45, 2.75) is 252 Å². The maximum atomic E-state index is 12.8. The smallest absolute Gasteiger partial charge is 0.306 e. The Morgan fingerprint density at radius 3 is 0.939 bits per heavy atom. The van der Waals surface area contributed by atoms with Gasteiger partial charge in [-0.25, -0.2) is 0 Å². The summed E-state index contributed by atoms with van der Waals surface area (Å²) in [6, 6.07) is 0. The molecule has 0 bridgehead atoms. The van der Waals surface area contributed by atoms with Crippen molar-refractivity contribution in [3.63, 3.8) is 0 Å². The van der Waals surface area contributed by atoms with Crippen molar-refractivity contribution in [2.75, 3.05) is 13.2 Å². The van der Waals surface area contributed by atoms with Crippen LogP contribution in [0.1, 0.15) is 245 Å². The summed E-state index contributed by atoms with van der Waals surface area (Å²) in [6.07, 6.45) is 71.1.